The van der Waals surface area contributed by atoms with Gasteiger partial charge in [0.15, 0.2) is 5.96 Å². The molecule has 1 heterocycles. The van der Waals surface area contributed by atoms with E-state index in [0.29, 0.717) is 25.1 Å². The summed E-state index contributed by atoms with van der Waals surface area (Å²) in [6.45, 7) is 1.18. The minimum absolute atomic E-state index is 0. The van der Waals surface area contributed by atoms with E-state index in [1.165, 1.54) is 7.05 Å². The first-order valence-corrected chi connectivity index (χ1v) is 7.67. The summed E-state index contributed by atoms with van der Waals surface area (Å²) in [7, 11) is 1.53. The number of alkyl halides is 3. The molecule has 2 N–H and O–H groups in total. The lowest BCUT2D eigenvalue weighted by atomic mass is 10.1. The van der Waals surface area contributed by atoms with Crippen molar-refractivity contribution in [3.8, 4) is 0 Å². The largest absolute Gasteiger partial charge is 0.416 e. The van der Waals surface area contributed by atoms with E-state index in [1.54, 1.807) is 10.9 Å². The number of aromatic nitrogens is 2. The number of hydrogen-bond donors (Lipinski definition) is 2. The standard InChI is InChI=1S/C16H19F4N5.HI/c1-21-15(22-6-2-8-25-9-3-7-24-25)23-11-12-4-5-13(17)10-14(12)16(18,19)20;/h3-5,7,9-10H,2,6,8,11H2,1H3,(H2,21,22,23);1H. The minimum atomic E-state index is -4.61. The number of nitrogens with zero attached hydrogens (tertiary/aromatic N) is 3. The SMILES string of the molecule is CN=C(NCCCn1cccn1)NCc1ccc(F)cc1C(F)(F)F.I. The maximum absolute atomic E-state index is 13.1. The monoisotopic (exact) mass is 485 g/mol. The van der Waals surface area contributed by atoms with Crippen LogP contribution < -0.4 is 10.6 Å². The molecule has 0 aliphatic rings. The Morgan fingerprint density at radius 3 is 2.65 bits per heavy atom. The van der Waals surface area contributed by atoms with Gasteiger partial charge in [0.2, 0.25) is 0 Å². The predicted molar refractivity (Wildman–Crippen MR) is 102 cm³/mol. The molecular weight excluding hydrogens is 465 g/mol. The van der Waals surface area contributed by atoms with Gasteiger partial charge in [0.05, 0.1) is 5.56 Å². The maximum atomic E-state index is 13.1. The third-order valence-corrected chi connectivity index (χ3v) is 3.46. The second-order valence-corrected chi connectivity index (χ2v) is 5.27. The van der Waals surface area contributed by atoms with Crippen LogP contribution in [0, 0.1) is 5.82 Å². The summed E-state index contributed by atoms with van der Waals surface area (Å²) in [5.74, 6) is -0.546. The van der Waals surface area contributed by atoms with Crippen molar-refractivity contribution >= 4 is 29.9 Å². The molecule has 0 saturated heterocycles. The fourth-order valence-corrected chi connectivity index (χ4v) is 2.25. The van der Waals surface area contributed by atoms with Crippen LogP contribution in [0.1, 0.15) is 17.5 Å². The first-order valence-electron chi connectivity index (χ1n) is 7.67. The molecule has 2 aromatic rings. The topological polar surface area (TPSA) is 54.2 Å². The number of nitrogens with one attached hydrogen (secondary N) is 2. The second-order valence-electron chi connectivity index (χ2n) is 5.27. The average molecular weight is 485 g/mol. The third kappa shape index (κ3) is 6.81. The molecule has 0 atom stereocenters. The molecule has 0 radical (unpaired) electrons. The fourth-order valence-electron chi connectivity index (χ4n) is 2.25. The van der Waals surface area contributed by atoms with Gasteiger partial charge in [-0.3, -0.25) is 9.67 Å². The quantitative estimate of drug-likeness (QED) is 0.217. The molecule has 0 fully saturated rings. The highest BCUT2D eigenvalue weighted by Crippen LogP contribution is 2.32. The summed E-state index contributed by atoms with van der Waals surface area (Å²) < 4.78 is 53.8. The molecule has 0 aliphatic carbocycles. The number of guanidine groups is 1. The van der Waals surface area contributed by atoms with Gasteiger partial charge in [-0.1, -0.05) is 6.07 Å². The van der Waals surface area contributed by atoms with Crippen LogP contribution in [0.3, 0.4) is 0 Å². The number of hydrogen-bond acceptors (Lipinski definition) is 2. The van der Waals surface area contributed by atoms with Crippen LogP contribution in [0.25, 0.3) is 0 Å². The first-order chi connectivity index (χ1) is 11.9. The number of aryl methyl sites for hydroxylation is 1. The molecule has 26 heavy (non-hydrogen) atoms. The summed E-state index contributed by atoms with van der Waals surface area (Å²) >= 11 is 0. The van der Waals surface area contributed by atoms with Crippen LogP contribution >= 0.6 is 24.0 Å². The van der Waals surface area contributed by atoms with Crippen LogP contribution in [0.2, 0.25) is 0 Å². The number of aliphatic imine (C=N–C) groups is 1. The van der Waals surface area contributed by atoms with Crippen LogP contribution in [0.5, 0.6) is 0 Å². The zero-order chi connectivity index (χ0) is 18.3. The van der Waals surface area contributed by atoms with E-state index in [0.717, 1.165) is 18.6 Å². The molecule has 0 bridgehead atoms. The normalized spacial score (nSPS) is 11.8. The Morgan fingerprint density at radius 2 is 2.04 bits per heavy atom. The van der Waals surface area contributed by atoms with Gasteiger partial charge in [0, 0.05) is 39.1 Å². The molecule has 2 rings (SSSR count). The molecule has 144 valence electrons. The summed E-state index contributed by atoms with van der Waals surface area (Å²) in [6.07, 6.45) is -0.304. The molecule has 0 amide bonds. The van der Waals surface area contributed by atoms with Crippen molar-refractivity contribution in [2.45, 2.75) is 25.7 Å². The fraction of sp³-hybridized carbons (Fsp3) is 0.375. The lowest BCUT2D eigenvalue weighted by Crippen LogP contribution is -2.38. The van der Waals surface area contributed by atoms with Crippen molar-refractivity contribution < 1.29 is 17.6 Å². The Morgan fingerprint density at radius 1 is 1.27 bits per heavy atom. The smallest absolute Gasteiger partial charge is 0.356 e. The third-order valence-electron chi connectivity index (χ3n) is 3.46. The van der Waals surface area contributed by atoms with Crippen LogP contribution in [0.4, 0.5) is 17.6 Å². The number of rotatable bonds is 6. The van der Waals surface area contributed by atoms with Crippen molar-refractivity contribution in [2.75, 3.05) is 13.6 Å². The predicted octanol–water partition coefficient (Wildman–Crippen LogP) is 3.41. The van der Waals surface area contributed by atoms with Gasteiger partial charge in [-0.05, 0) is 30.2 Å². The van der Waals surface area contributed by atoms with Gasteiger partial charge < -0.3 is 10.6 Å². The Bertz CT molecular complexity index is 701. The van der Waals surface area contributed by atoms with Crippen molar-refractivity contribution in [3.05, 3.63) is 53.6 Å². The van der Waals surface area contributed by atoms with Crippen LogP contribution in [0.15, 0.2) is 41.7 Å². The zero-order valence-electron chi connectivity index (χ0n) is 14.1. The van der Waals surface area contributed by atoms with Crippen molar-refractivity contribution in [3.63, 3.8) is 0 Å². The summed E-state index contributed by atoms with van der Waals surface area (Å²) in [4.78, 5) is 3.96. The summed E-state index contributed by atoms with van der Waals surface area (Å²) in [5.41, 5.74) is -1.04. The van der Waals surface area contributed by atoms with Gasteiger partial charge in [0.25, 0.3) is 0 Å². The molecule has 1 aromatic heterocycles. The molecule has 1 aromatic carbocycles. The van der Waals surface area contributed by atoms with E-state index in [2.05, 4.69) is 20.7 Å². The van der Waals surface area contributed by atoms with Gasteiger partial charge >= 0.3 is 6.18 Å². The molecule has 0 saturated carbocycles. The van der Waals surface area contributed by atoms with Gasteiger partial charge in [-0.25, -0.2) is 4.39 Å². The van der Waals surface area contributed by atoms with Crippen molar-refractivity contribution in [1.82, 2.24) is 20.4 Å². The molecular formula is C16H20F4IN5. The maximum Gasteiger partial charge on any atom is 0.416 e. The zero-order valence-corrected chi connectivity index (χ0v) is 16.4. The van der Waals surface area contributed by atoms with Gasteiger partial charge in [-0.2, -0.15) is 18.3 Å². The van der Waals surface area contributed by atoms with Crippen molar-refractivity contribution in [1.29, 1.82) is 0 Å². The van der Waals surface area contributed by atoms with E-state index in [-0.39, 0.29) is 36.1 Å². The Labute approximate surface area is 165 Å². The van der Waals surface area contributed by atoms with E-state index in [1.807, 2.05) is 12.3 Å². The molecule has 0 spiro atoms. The minimum Gasteiger partial charge on any atom is -0.356 e. The molecule has 0 unspecified atom stereocenters. The summed E-state index contributed by atoms with van der Waals surface area (Å²) in [5, 5.41) is 9.89. The number of halogens is 5. The van der Waals surface area contributed by atoms with E-state index < -0.39 is 17.6 Å². The lowest BCUT2D eigenvalue weighted by molar-refractivity contribution is -0.138. The Hall–Kier alpha value is -1.85. The first kappa shape index (κ1) is 22.2. The average Bonchev–Trinajstić information content (AvgIpc) is 3.07. The Kier molecular flexibility index (Phi) is 8.82. The molecule has 10 heteroatoms. The van der Waals surface area contributed by atoms with E-state index in [9.17, 15) is 17.6 Å². The highest BCUT2D eigenvalue weighted by Gasteiger charge is 2.33. The van der Waals surface area contributed by atoms with Gasteiger partial charge in [-0.15, -0.1) is 24.0 Å². The molecule has 0 aliphatic heterocycles. The second kappa shape index (κ2) is 10.3. The van der Waals surface area contributed by atoms with E-state index in [4.69, 9.17) is 0 Å². The number of benzene rings is 1. The highest BCUT2D eigenvalue weighted by molar-refractivity contribution is 14.0. The van der Waals surface area contributed by atoms with Gasteiger partial charge in [0.1, 0.15) is 5.82 Å². The molecule has 5 nitrogen and oxygen atoms in total. The Balaban J connectivity index is 0.00000338. The van der Waals surface area contributed by atoms with Crippen molar-refractivity contribution in [2.24, 2.45) is 4.99 Å². The summed E-state index contributed by atoms with van der Waals surface area (Å²) in [6, 6.07) is 4.45. The van der Waals surface area contributed by atoms with Crippen LogP contribution in [-0.2, 0) is 19.3 Å². The highest BCUT2D eigenvalue weighted by atomic mass is 127. The van der Waals surface area contributed by atoms with E-state index >= 15 is 0 Å². The van der Waals surface area contributed by atoms with Crippen LogP contribution in [-0.4, -0.2) is 29.3 Å². The lowest BCUT2D eigenvalue weighted by Gasteiger charge is -2.16.